The highest BCUT2D eigenvalue weighted by Gasteiger charge is 2.37. The number of carbonyl (C=O) groups excluding carboxylic acids is 1. The van der Waals surface area contributed by atoms with Crippen molar-refractivity contribution < 1.29 is 9.53 Å². The molecule has 2 N–H and O–H groups in total. The van der Waals surface area contributed by atoms with Gasteiger partial charge >= 0.3 is 0 Å². The van der Waals surface area contributed by atoms with Gasteiger partial charge in [-0.05, 0) is 74.1 Å². The number of nitrogens with one attached hydrogen (secondary N) is 2. The van der Waals surface area contributed by atoms with Crippen LogP contribution in [0.15, 0.2) is 66.9 Å². The van der Waals surface area contributed by atoms with Gasteiger partial charge in [0.25, 0.3) is 5.91 Å². The minimum absolute atomic E-state index is 0.0697. The van der Waals surface area contributed by atoms with Crippen molar-refractivity contribution in [3.05, 3.63) is 78.1 Å². The predicted molar refractivity (Wildman–Crippen MR) is 148 cm³/mol. The zero-order chi connectivity index (χ0) is 25.5. The van der Waals surface area contributed by atoms with E-state index in [0.29, 0.717) is 23.6 Å². The SMILES string of the molecule is O=C(N[C@@H](c1ccccn1)C1CCCC1)c1ccc2[nH]nc(-c3ccc(N4C5CCC4COC5)cc3)c2c1. The number of H-pyrrole nitrogens is 1. The summed E-state index contributed by atoms with van der Waals surface area (Å²) >= 11 is 0. The van der Waals surface area contributed by atoms with Crippen LogP contribution in [0.4, 0.5) is 5.69 Å². The van der Waals surface area contributed by atoms with Crippen LogP contribution < -0.4 is 10.2 Å². The molecule has 2 aliphatic heterocycles. The standard InChI is InChI=1S/C31H33N5O2/c37-31(33-30(20-5-1-2-6-20)28-7-3-4-16-32-28)22-10-15-27-26(17-22)29(35-34-27)21-8-11-23(12-9-21)36-24-13-14-25(36)19-38-18-24/h3-4,7-12,15-17,20,24-25,30H,1-2,5-6,13-14,18-19H2,(H,33,37)(H,34,35)/t24?,25?,30-/m1/s1. The lowest BCUT2D eigenvalue weighted by atomic mass is 9.94. The number of benzene rings is 2. The molecular weight excluding hydrogens is 474 g/mol. The molecule has 4 heterocycles. The van der Waals surface area contributed by atoms with E-state index in [1.807, 2.05) is 42.6 Å². The van der Waals surface area contributed by atoms with E-state index in [-0.39, 0.29) is 11.9 Å². The molecule has 7 heteroatoms. The molecular formula is C31H33N5O2. The summed E-state index contributed by atoms with van der Waals surface area (Å²) < 4.78 is 5.76. The first-order valence-corrected chi connectivity index (χ1v) is 13.9. The second-order valence-electron chi connectivity index (χ2n) is 11.0. The molecule has 38 heavy (non-hydrogen) atoms. The Bertz CT molecular complexity index is 1410. The van der Waals surface area contributed by atoms with Gasteiger partial charge in [0, 0.05) is 28.4 Å². The molecule has 2 aromatic carbocycles. The molecule has 7 rings (SSSR count). The van der Waals surface area contributed by atoms with Gasteiger partial charge in [-0.2, -0.15) is 5.10 Å². The molecule has 7 nitrogen and oxygen atoms in total. The lowest BCUT2D eigenvalue weighted by Gasteiger charge is -2.36. The number of hydrogen-bond acceptors (Lipinski definition) is 5. The van der Waals surface area contributed by atoms with Crippen LogP contribution >= 0.6 is 0 Å². The van der Waals surface area contributed by atoms with Crippen LogP contribution in [0.3, 0.4) is 0 Å². The van der Waals surface area contributed by atoms with Crippen LogP contribution in [0, 0.1) is 5.92 Å². The topological polar surface area (TPSA) is 83.1 Å². The van der Waals surface area contributed by atoms with Crippen molar-refractivity contribution >= 4 is 22.5 Å². The van der Waals surface area contributed by atoms with E-state index in [1.165, 1.54) is 31.4 Å². The van der Waals surface area contributed by atoms with Gasteiger partial charge in [0.2, 0.25) is 0 Å². The number of aromatic amines is 1. The first-order valence-electron chi connectivity index (χ1n) is 13.9. The molecule has 3 aliphatic rings. The monoisotopic (exact) mass is 507 g/mol. The van der Waals surface area contributed by atoms with Crippen molar-refractivity contribution in [2.45, 2.75) is 56.7 Å². The maximum absolute atomic E-state index is 13.5. The van der Waals surface area contributed by atoms with Crippen molar-refractivity contribution in [3.63, 3.8) is 0 Å². The number of aromatic nitrogens is 3. The quantitative estimate of drug-likeness (QED) is 0.352. The zero-order valence-electron chi connectivity index (χ0n) is 21.5. The van der Waals surface area contributed by atoms with Crippen LogP contribution in [0.1, 0.15) is 60.6 Å². The number of ether oxygens (including phenoxy) is 1. The number of amides is 1. The van der Waals surface area contributed by atoms with Crippen molar-refractivity contribution in [3.8, 4) is 11.3 Å². The third kappa shape index (κ3) is 4.25. The Labute approximate surface area is 222 Å². The van der Waals surface area contributed by atoms with E-state index in [4.69, 9.17) is 4.74 Å². The number of hydrogen-bond donors (Lipinski definition) is 2. The zero-order valence-corrected chi connectivity index (χ0v) is 21.5. The molecule has 194 valence electrons. The second-order valence-corrected chi connectivity index (χ2v) is 11.0. The van der Waals surface area contributed by atoms with Gasteiger partial charge in [0.1, 0.15) is 0 Å². The van der Waals surface area contributed by atoms with Gasteiger partial charge in [-0.25, -0.2) is 0 Å². The molecule has 1 aliphatic carbocycles. The molecule has 4 aromatic rings. The van der Waals surface area contributed by atoms with E-state index in [2.05, 4.69) is 49.7 Å². The van der Waals surface area contributed by atoms with E-state index in [1.54, 1.807) is 0 Å². The van der Waals surface area contributed by atoms with E-state index < -0.39 is 0 Å². The van der Waals surface area contributed by atoms with Gasteiger partial charge in [-0.1, -0.05) is 31.0 Å². The number of anilines is 1. The van der Waals surface area contributed by atoms with E-state index in [0.717, 1.165) is 53.9 Å². The van der Waals surface area contributed by atoms with Gasteiger partial charge in [0.05, 0.1) is 48.2 Å². The van der Waals surface area contributed by atoms with Crippen molar-refractivity contribution in [1.82, 2.24) is 20.5 Å². The molecule has 3 fully saturated rings. The van der Waals surface area contributed by atoms with Crippen LogP contribution in [0.2, 0.25) is 0 Å². The molecule has 0 spiro atoms. The van der Waals surface area contributed by atoms with E-state index in [9.17, 15) is 4.79 Å². The van der Waals surface area contributed by atoms with Crippen LogP contribution in [-0.4, -0.2) is 46.4 Å². The van der Waals surface area contributed by atoms with Gasteiger partial charge in [-0.3, -0.25) is 14.9 Å². The highest BCUT2D eigenvalue weighted by atomic mass is 16.5. The van der Waals surface area contributed by atoms with Crippen LogP contribution in [0.5, 0.6) is 0 Å². The second kappa shape index (κ2) is 9.87. The Morgan fingerprint density at radius 1 is 0.974 bits per heavy atom. The fourth-order valence-corrected chi connectivity index (χ4v) is 6.73. The summed E-state index contributed by atoms with van der Waals surface area (Å²) in [5.41, 5.74) is 5.65. The summed E-state index contributed by atoms with van der Waals surface area (Å²) in [5, 5.41) is 12.0. The lowest BCUT2D eigenvalue weighted by molar-refractivity contribution is 0.0906. The molecule has 2 unspecified atom stereocenters. The van der Waals surface area contributed by atoms with Crippen LogP contribution in [-0.2, 0) is 4.74 Å². The summed E-state index contributed by atoms with van der Waals surface area (Å²) in [7, 11) is 0. The third-order valence-electron chi connectivity index (χ3n) is 8.67. The summed E-state index contributed by atoms with van der Waals surface area (Å²) in [6, 6.07) is 21.3. The fraction of sp³-hybridized carbons (Fsp3) is 0.387. The Kier molecular flexibility index (Phi) is 6.08. The molecule has 3 atom stereocenters. The molecule has 2 saturated heterocycles. The lowest BCUT2D eigenvalue weighted by Crippen LogP contribution is -2.45. The van der Waals surface area contributed by atoms with Crippen molar-refractivity contribution in [1.29, 1.82) is 0 Å². The number of rotatable bonds is 6. The smallest absolute Gasteiger partial charge is 0.251 e. The number of nitrogens with zero attached hydrogens (tertiary/aromatic N) is 3. The number of pyridine rings is 1. The largest absolute Gasteiger partial charge is 0.377 e. The normalized spacial score (nSPS) is 22.2. The van der Waals surface area contributed by atoms with Crippen molar-refractivity contribution in [2.24, 2.45) is 5.92 Å². The van der Waals surface area contributed by atoms with E-state index >= 15 is 0 Å². The number of carbonyl (C=O) groups is 1. The maximum atomic E-state index is 13.5. The maximum Gasteiger partial charge on any atom is 0.251 e. The first kappa shape index (κ1) is 23.4. The average Bonchev–Trinajstić information content (AvgIpc) is 3.70. The molecule has 0 radical (unpaired) electrons. The highest BCUT2D eigenvalue weighted by molar-refractivity contribution is 6.01. The first-order chi connectivity index (χ1) is 18.7. The fourth-order valence-electron chi connectivity index (χ4n) is 6.73. The summed E-state index contributed by atoms with van der Waals surface area (Å²) in [6.07, 6.45) is 8.86. The predicted octanol–water partition coefficient (Wildman–Crippen LogP) is 5.65. The summed E-state index contributed by atoms with van der Waals surface area (Å²) in [4.78, 5) is 20.6. The Hall–Kier alpha value is -3.71. The minimum atomic E-state index is -0.0752. The molecule has 2 bridgehead atoms. The highest BCUT2D eigenvalue weighted by Crippen LogP contribution is 2.37. The molecule has 1 amide bonds. The Morgan fingerprint density at radius 2 is 1.76 bits per heavy atom. The molecule has 2 aromatic heterocycles. The third-order valence-corrected chi connectivity index (χ3v) is 8.67. The molecule has 1 saturated carbocycles. The Balaban J connectivity index is 1.15. The minimum Gasteiger partial charge on any atom is -0.377 e. The summed E-state index contributed by atoms with van der Waals surface area (Å²) in [5.74, 6) is 0.349. The Morgan fingerprint density at radius 3 is 2.50 bits per heavy atom. The van der Waals surface area contributed by atoms with Crippen molar-refractivity contribution in [2.75, 3.05) is 18.1 Å². The summed E-state index contributed by atoms with van der Waals surface area (Å²) in [6.45, 7) is 1.63. The number of fused-ring (bicyclic) bond motifs is 3. The number of morpholine rings is 1. The van der Waals surface area contributed by atoms with Gasteiger partial charge in [0.15, 0.2) is 0 Å². The van der Waals surface area contributed by atoms with Crippen LogP contribution in [0.25, 0.3) is 22.2 Å². The van der Waals surface area contributed by atoms with Gasteiger partial charge in [-0.15, -0.1) is 0 Å². The average molecular weight is 508 g/mol. The van der Waals surface area contributed by atoms with Gasteiger partial charge < -0.3 is 15.0 Å².